The molecule has 1 N–H and O–H groups in total. The van der Waals surface area contributed by atoms with Crippen LogP contribution in [0.2, 0.25) is 0 Å². The molecule has 1 aliphatic carbocycles. The molecular weight excluding hydrogens is 290 g/mol. The highest BCUT2D eigenvalue weighted by Gasteiger charge is 2.13. The van der Waals surface area contributed by atoms with Crippen molar-refractivity contribution in [2.24, 2.45) is 0 Å². The van der Waals surface area contributed by atoms with Crippen molar-refractivity contribution in [1.29, 1.82) is 0 Å². The summed E-state index contributed by atoms with van der Waals surface area (Å²) in [5.41, 5.74) is 0. The van der Waals surface area contributed by atoms with Gasteiger partial charge in [0.25, 0.3) is 0 Å². The van der Waals surface area contributed by atoms with Gasteiger partial charge in [0.2, 0.25) is 5.13 Å². The molecule has 0 aromatic carbocycles. The molecule has 1 aromatic rings. The van der Waals surface area contributed by atoms with Gasteiger partial charge in [-0.05, 0) is 28.8 Å². The largest absolute Gasteiger partial charge is 0.376 e. The van der Waals surface area contributed by atoms with Crippen LogP contribution in [0.5, 0.6) is 0 Å². The summed E-state index contributed by atoms with van der Waals surface area (Å²) in [7, 11) is 0. The van der Waals surface area contributed by atoms with Crippen molar-refractivity contribution in [3.63, 3.8) is 0 Å². The van der Waals surface area contributed by atoms with Crippen molar-refractivity contribution in [3.05, 3.63) is 3.92 Å². The Bertz CT molecular complexity index is 315. The maximum Gasteiger partial charge on any atom is 0.206 e. The van der Waals surface area contributed by atoms with Crippen molar-refractivity contribution >= 4 is 32.4 Å². The Morgan fingerprint density at radius 2 is 2.12 bits per heavy atom. The number of rotatable bonds is 5. The zero-order valence-corrected chi connectivity index (χ0v) is 11.5. The maximum absolute atomic E-state index is 5.79. The number of halogens is 1. The zero-order valence-electron chi connectivity index (χ0n) is 9.12. The van der Waals surface area contributed by atoms with Crippen molar-refractivity contribution in [3.8, 4) is 0 Å². The fourth-order valence-corrected chi connectivity index (χ4v) is 2.93. The second-order valence-electron chi connectivity index (χ2n) is 3.92. The van der Waals surface area contributed by atoms with E-state index in [1.54, 1.807) is 0 Å². The zero-order chi connectivity index (χ0) is 11.2. The van der Waals surface area contributed by atoms with Crippen molar-refractivity contribution < 1.29 is 4.74 Å². The van der Waals surface area contributed by atoms with Gasteiger partial charge in [-0.15, -0.1) is 10.2 Å². The van der Waals surface area contributed by atoms with Gasteiger partial charge in [0.15, 0.2) is 3.92 Å². The van der Waals surface area contributed by atoms with Crippen LogP contribution in [0.3, 0.4) is 0 Å². The van der Waals surface area contributed by atoms with E-state index in [-0.39, 0.29) is 0 Å². The summed E-state index contributed by atoms with van der Waals surface area (Å²) >= 11 is 4.78. The monoisotopic (exact) mass is 305 g/mol. The molecule has 4 nitrogen and oxygen atoms in total. The summed E-state index contributed by atoms with van der Waals surface area (Å²) in [4.78, 5) is 0. The quantitative estimate of drug-likeness (QED) is 0.849. The first-order valence-electron chi connectivity index (χ1n) is 5.69. The number of ether oxygens (including phenoxy) is 1. The molecule has 0 radical (unpaired) electrons. The SMILES string of the molecule is Brc1nnc(NCCOC2CCCCC2)s1. The Kier molecular flexibility index (Phi) is 4.99. The number of hydrogen-bond donors (Lipinski definition) is 1. The number of aromatic nitrogens is 2. The lowest BCUT2D eigenvalue weighted by Gasteiger charge is -2.21. The number of nitrogens with zero attached hydrogens (tertiary/aromatic N) is 2. The number of anilines is 1. The second kappa shape index (κ2) is 6.51. The highest BCUT2D eigenvalue weighted by atomic mass is 79.9. The summed E-state index contributed by atoms with van der Waals surface area (Å²) in [6.07, 6.45) is 6.95. The van der Waals surface area contributed by atoms with Gasteiger partial charge < -0.3 is 10.1 Å². The van der Waals surface area contributed by atoms with E-state index < -0.39 is 0 Å². The van der Waals surface area contributed by atoms with E-state index in [0.717, 1.165) is 22.2 Å². The molecule has 1 aromatic heterocycles. The summed E-state index contributed by atoms with van der Waals surface area (Å²) in [5, 5.41) is 11.9. The first kappa shape index (κ1) is 12.3. The standard InChI is InChI=1S/C10H16BrN3OS/c11-9-13-14-10(16-9)12-6-7-15-8-4-2-1-3-5-8/h8H,1-7H2,(H,12,14). The van der Waals surface area contributed by atoms with Crippen LogP contribution in [0.15, 0.2) is 3.92 Å². The smallest absolute Gasteiger partial charge is 0.206 e. The van der Waals surface area contributed by atoms with Crippen LogP contribution >= 0.6 is 27.3 Å². The van der Waals surface area contributed by atoms with Crippen LogP contribution in [-0.2, 0) is 4.74 Å². The lowest BCUT2D eigenvalue weighted by atomic mass is 9.98. The van der Waals surface area contributed by atoms with E-state index in [0.29, 0.717) is 6.10 Å². The first-order chi connectivity index (χ1) is 7.84. The minimum atomic E-state index is 0.483. The van der Waals surface area contributed by atoms with E-state index in [2.05, 4.69) is 31.4 Å². The molecule has 0 spiro atoms. The third-order valence-electron chi connectivity index (χ3n) is 2.68. The Hall–Kier alpha value is -0.200. The molecule has 90 valence electrons. The van der Waals surface area contributed by atoms with Crippen LogP contribution in [0, 0.1) is 0 Å². The number of nitrogens with one attached hydrogen (secondary N) is 1. The minimum Gasteiger partial charge on any atom is -0.376 e. The molecular formula is C10H16BrN3OS. The van der Waals surface area contributed by atoms with Gasteiger partial charge in [0.1, 0.15) is 0 Å². The average molecular weight is 306 g/mol. The van der Waals surface area contributed by atoms with Crippen LogP contribution in [0.25, 0.3) is 0 Å². The van der Waals surface area contributed by atoms with Crippen LogP contribution in [0.1, 0.15) is 32.1 Å². The Morgan fingerprint density at radius 3 is 2.81 bits per heavy atom. The van der Waals surface area contributed by atoms with Crippen LogP contribution in [-0.4, -0.2) is 29.5 Å². The molecule has 0 unspecified atom stereocenters. The molecule has 16 heavy (non-hydrogen) atoms. The first-order valence-corrected chi connectivity index (χ1v) is 7.30. The molecule has 1 fully saturated rings. The minimum absolute atomic E-state index is 0.483. The topological polar surface area (TPSA) is 47.0 Å². The fraction of sp³-hybridized carbons (Fsp3) is 0.800. The predicted molar refractivity (Wildman–Crippen MR) is 68.9 cm³/mol. The van der Waals surface area contributed by atoms with Crippen molar-refractivity contribution in [2.75, 3.05) is 18.5 Å². The second-order valence-corrected chi connectivity index (χ2v) is 6.17. The molecule has 1 saturated carbocycles. The van der Waals surface area contributed by atoms with Gasteiger partial charge in [-0.3, -0.25) is 0 Å². The van der Waals surface area contributed by atoms with Gasteiger partial charge in [-0.2, -0.15) is 0 Å². The van der Waals surface area contributed by atoms with Gasteiger partial charge in [0, 0.05) is 6.54 Å². The van der Waals surface area contributed by atoms with Crippen molar-refractivity contribution in [1.82, 2.24) is 10.2 Å². The number of hydrogen-bond acceptors (Lipinski definition) is 5. The molecule has 0 aliphatic heterocycles. The Labute approximate surface area is 108 Å². The lowest BCUT2D eigenvalue weighted by Crippen LogP contribution is -2.20. The van der Waals surface area contributed by atoms with Crippen LogP contribution < -0.4 is 5.32 Å². The van der Waals surface area contributed by atoms with E-state index >= 15 is 0 Å². The molecule has 6 heteroatoms. The van der Waals surface area contributed by atoms with Crippen molar-refractivity contribution in [2.45, 2.75) is 38.2 Å². The van der Waals surface area contributed by atoms with Gasteiger partial charge in [-0.25, -0.2) is 0 Å². The summed E-state index contributed by atoms with van der Waals surface area (Å²) < 4.78 is 6.60. The molecule has 0 saturated heterocycles. The molecule has 0 amide bonds. The van der Waals surface area contributed by atoms with E-state index in [1.165, 1.54) is 43.4 Å². The molecule has 2 rings (SSSR count). The molecule has 1 heterocycles. The van der Waals surface area contributed by atoms with E-state index in [9.17, 15) is 0 Å². The molecule has 1 aliphatic rings. The van der Waals surface area contributed by atoms with Gasteiger partial charge >= 0.3 is 0 Å². The van der Waals surface area contributed by atoms with E-state index in [1.807, 2.05) is 0 Å². The molecule has 0 atom stereocenters. The van der Waals surface area contributed by atoms with Gasteiger partial charge in [-0.1, -0.05) is 30.6 Å². The summed E-state index contributed by atoms with van der Waals surface area (Å²) in [6, 6.07) is 0. The fourth-order valence-electron chi connectivity index (χ4n) is 1.89. The highest BCUT2D eigenvalue weighted by molar-refractivity contribution is 9.11. The Balaban J connectivity index is 1.57. The summed E-state index contributed by atoms with van der Waals surface area (Å²) in [6.45, 7) is 1.56. The Morgan fingerprint density at radius 1 is 1.31 bits per heavy atom. The van der Waals surface area contributed by atoms with Gasteiger partial charge in [0.05, 0.1) is 12.7 Å². The third-order valence-corrected chi connectivity index (χ3v) is 4.00. The normalized spacial score (nSPS) is 17.6. The van der Waals surface area contributed by atoms with Crippen LogP contribution in [0.4, 0.5) is 5.13 Å². The average Bonchev–Trinajstić information content (AvgIpc) is 2.72. The third kappa shape index (κ3) is 3.99. The predicted octanol–water partition coefficient (Wildman–Crippen LogP) is 3.06. The molecule has 0 bridgehead atoms. The highest BCUT2D eigenvalue weighted by Crippen LogP contribution is 2.21. The maximum atomic E-state index is 5.79. The van der Waals surface area contributed by atoms with E-state index in [4.69, 9.17) is 4.74 Å². The summed E-state index contributed by atoms with van der Waals surface area (Å²) in [5.74, 6) is 0. The lowest BCUT2D eigenvalue weighted by molar-refractivity contribution is 0.0347.